The Balaban J connectivity index is 1.47. The molecule has 1 aromatic heterocycles. The number of benzene rings is 1. The van der Waals surface area contributed by atoms with Crippen molar-refractivity contribution in [3.05, 3.63) is 35.3 Å². The third-order valence-corrected chi connectivity index (χ3v) is 10.4. The highest BCUT2D eigenvalue weighted by atomic mass is 79.9. The maximum atomic E-state index is 14.5. The second kappa shape index (κ2) is 15.0. The van der Waals surface area contributed by atoms with Gasteiger partial charge in [0, 0.05) is 23.8 Å². The molecule has 1 aromatic carbocycles. The van der Waals surface area contributed by atoms with Crippen LogP contribution in [0.2, 0.25) is 0 Å². The lowest BCUT2D eigenvalue weighted by Crippen LogP contribution is -2.59. The van der Waals surface area contributed by atoms with E-state index in [1.54, 1.807) is 25.3 Å². The van der Waals surface area contributed by atoms with Gasteiger partial charge in [-0.05, 0) is 72.5 Å². The zero-order valence-corrected chi connectivity index (χ0v) is 31.1. The topological polar surface area (TPSA) is 155 Å². The summed E-state index contributed by atoms with van der Waals surface area (Å²) in [5.41, 5.74) is -1.47. The molecule has 0 radical (unpaired) electrons. The quantitative estimate of drug-likeness (QED) is 0.222. The van der Waals surface area contributed by atoms with Crippen LogP contribution in [0.1, 0.15) is 66.2 Å². The Morgan fingerprint density at radius 3 is 2.46 bits per heavy atom. The van der Waals surface area contributed by atoms with Crippen molar-refractivity contribution in [2.24, 2.45) is 11.3 Å². The van der Waals surface area contributed by atoms with E-state index in [0.29, 0.717) is 45.8 Å². The van der Waals surface area contributed by atoms with Crippen molar-refractivity contribution < 1.29 is 42.9 Å². The highest BCUT2D eigenvalue weighted by Crippen LogP contribution is 2.46. The van der Waals surface area contributed by atoms with Crippen LogP contribution in [0.5, 0.6) is 17.4 Å². The number of aromatic nitrogens is 1. The first-order chi connectivity index (χ1) is 23.8. The highest BCUT2D eigenvalue weighted by molar-refractivity contribution is 9.10. The average molecular weight is 760 g/mol. The number of nitrogens with one attached hydrogen (secondary N) is 2. The highest BCUT2D eigenvalue weighted by Gasteiger charge is 2.62. The summed E-state index contributed by atoms with van der Waals surface area (Å²) in [6.45, 7) is 11.5. The molecule has 2 saturated carbocycles. The number of fused-ring (bicyclic) bond motifs is 1. The summed E-state index contributed by atoms with van der Waals surface area (Å²) in [7, 11) is 2.82. The van der Waals surface area contributed by atoms with Crippen molar-refractivity contribution in [2.45, 2.75) is 96.1 Å². The van der Waals surface area contributed by atoms with E-state index in [-0.39, 0.29) is 25.0 Å². The molecular formula is C36H47BrN4O9. The molecule has 2 aliphatic carbocycles. The number of methoxy groups -OCH3 is 2. The van der Waals surface area contributed by atoms with Crippen LogP contribution in [-0.4, -0.2) is 91.0 Å². The van der Waals surface area contributed by atoms with E-state index in [2.05, 4.69) is 38.1 Å². The lowest BCUT2D eigenvalue weighted by atomic mass is 9.85. The zero-order chi connectivity index (χ0) is 36.4. The molecule has 2 N–H and O–H groups in total. The molecule has 2 heterocycles. The van der Waals surface area contributed by atoms with E-state index in [4.69, 9.17) is 23.7 Å². The SMILES string of the molecule is C=C[C@@H]1C[C@]1(NC(=O)[C@@H]1C[C@@H](Oc2cc(OCC)nc3c(Br)c(OC)ccc23)CN1C(=O)[C@@H](NC(=O)OC1CCCC1)C(C)(C)C)C(=O)OC. The molecule has 13 nitrogen and oxygen atoms in total. The standard InChI is InChI=1S/C36H47BrN4O9/c1-8-20-18-36(20,33(44)47-7)40-31(42)24-16-22(49-26-17-27(48-9-2)38-29-23(26)14-15-25(46-6)28(29)37)19-41(24)32(43)30(35(3,4)5)39-34(45)50-21-12-10-11-13-21/h8,14-15,17,20-22,24,30H,1,9-13,16,18-19H2,2-7H3,(H,39,45)(H,40,42)/t20-,22-,24+,30-,36-/m1/s1. The minimum absolute atomic E-state index is 0.0179. The molecular weight excluding hydrogens is 712 g/mol. The van der Waals surface area contributed by atoms with Gasteiger partial charge in [-0.1, -0.05) is 26.8 Å². The molecule has 1 saturated heterocycles. The Kier molecular flexibility index (Phi) is 11.2. The Hall–Kier alpha value is -4.07. The van der Waals surface area contributed by atoms with Crippen LogP contribution >= 0.6 is 15.9 Å². The van der Waals surface area contributed by atoms with Crippen LogP contribution in [0.15, 0.2) is 35.3 Å². The normalized spacial score (nSPS) is 23.9. The molecule has 5 rings (SSSR count). The van der Waals surface area contributed by atoms with Gasteiger partial charge in [-0.15, -0.1) is 6.58 Å². The number of halogens is 1. The number of amides is 3. The fourth-order valence-corrected chi connectivity index (χ4v) is 7.43. The van der Waals surface area contributed by atoms with Crippen molar-refractivity contribution in [1.29, 1.82) is 0 Å². The third kappa shape index (κ3) is 7.64. The van der Waals surface area contributed by atoms with E-state index < -0.39 is 53.0 Å². The first kappa shape index (κ1) is 37.2. The molecule has 50 heavy (non-hydrogen) atoms. The Labute approximate surface area is 300 Å². The van der Waals surface area contributed by atoms with Crippen LogP contribution in [0.4, 0.5) is 4.79 Å². The smallest absolute Gasteiger partial charge is 0.408 e. The van der Waals surface area contributed by atoms with E-state index in [1.807, 2.05) is 33.8 Å². The summed E-state index contributed by atoms with van der Waals surface area (Å²) >= 11 is 3.58. The number of hydrogen-bond donors (Lipinski definition) is 2. The van der Waals surface area contributed by atoms with Gasteiger partial charge in [-0.2, -0.15) is 0 Å². The molecule has 3 fully saturated rings. The molecule has 0 spiro atoms. The molecule has 272 valence electrons. The minimum Gasteiger partial charge on any atom is -0.495 e. The Morgan fingerprint density at radius 2 is 1.86 bits per heavy atom. The fourth-order valence-electron chi connectivity index (χ4n) is 6.83. The number of pyridine rings is 1. The molecule has 5 atom stereocenters. The molecule has 3 amide bonds. The van der Waals surface area contributed by atoms with Gasteiger partial charge in [0.1, 0.15) is 41.3 Å². The van der Waals surface area contributed by atoms with Crippen molar-refractivity contribution in [1.82, 2.24) is 20.5 Å². The van der Waals surface area contributed by atoms with Crippen LogP contribution in [0.3, 0.4) is 0 Å². The second-order valence-electron chi connectivity index (χ2n) is 14.1. The summed E-state index contributed by atoms with van der Waals surface area (Å²) < 4.78 is 29.1. The Morgan fingerprint density at radius 1 is 1.14 bits per heavy atom. The van der Waals surface area contributed by atoms with Crippen LogP contribution in [0, 0.1) is 11.3 Å². The van der Waals surface area contributed by atoms with Gasteiger partial charge in [0.15, 0.2) is 0 Å². The van der Waals surface area contributed by atoms with Crippen molar-refractivity contribution in [3.8, 4) is 17.4 Å². The second-order valence-corrected chi connectivity index (χ2v) is 14.9. The van der Waals surface area contributed by atoms with Gasteiger partial charge in [-0.3, -0.25) is 9.59 Å². The number of carbonyl (C=O) groups excluding carboxylic acids is 4. The van der Waals surface area contributed by atoms with Gasteiger partial charge >= 0.3 is 12.1 Å². The fraction of sp³-hybridized carbons (Fsp3) is 0.583. The molecule has 14 heteroatoms. The summed E-state index contributed by atoms with van der Waals surface area (Å²) in [6, 6.07) is 3.20. The van der Waals surface area contributed by atoms with Gasteiger partial charge in [-0.25, -0.2) is 14.6 Å². The lowest BCUT2D eigenvalue weighted by Gasteiger charge is -2.35. The predicted molar refractivity (Wildman–Crippen MR) is 188 cm³/mol. The van der Waals surface area contributed by atoms with Gasteiger partial charge < -0.3 is 39.2 Å². The van der Waals surface area contributed by atoms with Crippen molar-refractivity contribution in [3.63, 3.8) is 0 Å². The van der Waals surface area contributed by atoms with Crippen LogP contribution in [0.25, 0.3) is 10.9 Å². The first-order valence-electron chi connectivity index (χ1n) is 17.0. The van der Waals surface area contributed by atoms with Crippen molar-refractivity contribution >= 4 is 50.7 Å². The van der Waals surface area contributed by atoms with Crippen molar-refractivity contribution in [2.75, 3.05) is 27.4 Å². The molecule has 1 aliphatic heterocycles. The van der Waals surface area contributed by atoms with E-state index in [0.717, 1.165) is 25.7 Å². The van der Waals surface area contributed by atoms with Gasteiger partial charge in [0.2, 0.25) is 17.7 Å². The number of ether oxygens (including phenoxy) is 5. The maximum Gasteiger partial charge on any atom is 0.408 e. The lowest BCUT2D eigenvalue weighted by molar-refractivity contribution is -0.148. The van der Waals surface area contributed by atoms with Crippen LogP contribution in [-0.2, 0) is 23.9 Å². The van der Waals surface area contributed by atoms with E-state index >= 15 is 0 Å². The Bertz CT molecular complexity index is 1640. The monoisotopic (exact) mass is 758 g/mol. The number of esters is 1. The number of likely N-dealkylation sites (tertiary alicyclic amines) is 1. The summed E-state index contributed by atoms with van der Waals surface area (Å²) in [5, 5.41) is 6.33. The number of alkyl carbamates (subject to hydrolysis) is 1. The minimum atomic E-state index is -1.27. The number of rotatable bonds is 12. The number of nitrogens with zero attached hydrogens (tertiary/aromatic N) is 2. The largest absolute Gasteiger partial charge is 0.495 e. The number of carbonyl (C=O) groups is 4. The molecule has 0 unspecified atom stereocenters. The van der Waals surface area contributed by atoms with E-state index in [1.165, 1.54) is 12.0 Å². The molecule has 3 aliphatic rings. The zero-order valence-electron chi connectivity index (χ0n) is 29.5. The summed E-state index contributed by atoms with van der Waals surface area (Å²) in [6.07, 6.45) is 4.01. The maximum absolute atomic E-state index is 14.5. The summed E-state index contributed by atoms with van der Waals surface area (Å²) in [4.78, 5) is 60.6. The number of hydrogen-bond acceptors (Lipinski definition) is 10. The van der Waals surface area contributed by atoms with E-state index in [9.17, 15) is 19.2 Å². The average Bonchev–Trinajstić information content (AvgIpc) is 3.35. The van der Waals surface area contributed by atoms with Crippen LogP contribution < -0.4 is 24.8 Å². The third-order valence-electron chi connectivity index (χ3n) is 9.62. The van der Waals surface area contributed by atoms with Gasteiger partial charge in [0.05, 0.1) is 37.4 Å². The first-order valence-corrected chi connectivity index (χ1v) is 17.8. The molecule has 2 aromatic rings. The molecule has 0 bridgehead atoms. The summed E-state index contributed by atoms with van der Waals surface area (Å²) in [5.74, 6) is -0.585. The predicted octanol–water partition coefficient (Wildman–Crippen LogP) is 5.07. The van der Waals surface area contributed by atoms with Gasteiger partial charge in [0.25, 0.3) is 0 Å².